The molecule has 0 amide bonds. The second-order valence-corrected chi connectivity index (χ2v) is 5.47. The Balaban J connectivity index is 2.65. The fourth-order valence-electron chi connectivity index (χ4n) is 2.34. The molecule has 0 aliphatic carbocycles. The van der Waals surface area contributed by atoms with Crippen LogP contribution in [-0.4, -0.2) is 36.9 Å². The van der Waals surface area contributed by atoms with Crippen LogP contribution in [0.1, 0.15) is 33.6 Å². The van der Waals surface area contributed by atoms with Crippen LogP contribution in [0.15, 0.2) is 46.4 Å². The van der Waals surface area contributed by atoms with Crippen molar-refractivity contribution >= 4 is 17.7 Å². The van der Waals surface area contributed by atoms with Crippen LogP contribution in [0.3, 0.4) is 0 Å². The zero-order valence-corrected chi connectivity index (χ0v) is 14.9. The second-order valence-electron chi connectivity index (χ2n) is 5.47. The molecule has 1 aromatic heterocycles. The van der Waals surface area contributed by atoms with Crippen molar-refractivity contribution in [3.63, 3.8) is 0 Å². The van der Waals surface area contributed by atoms with Crippen LogP contribution >= 0.6 is 0 Å². The Kier molecular flexibility index (Phi) is 6.06. The quantitative estimate of drug-likeness (QED) is 0.445. The number of ether oxygens (including phenoxy) is 2. The monoisotopic (exact) mass is 357 g/mol. The smallest absolute Gasteiger partial charge is 0.335 e. The third-order valence-electron chi connectivity index (χ3n) is 3.82. The predicted molar refractivity (Wildman–Crippen MR) is 91.6 cm³/mol. The molecular formula is C19H19NO6. The number of rotatable bonds is 6. The summed E-state index contributed by atoms with van der Waals surface area (Å²) in [5.74, 6) is -2.82. The van der Waals surface area contributed by atoms with E-state index in [1.165, 1.54) is 7.11 Å². The van der Waals surface area contributed by atoms with Crippen molar-refractivity contribution in [1.82, 2.24) is 4.98 Å². The number of carbonyl (C=O) groups excluding carboxylic acids is 3. The lowest BCUT2D eigenvalue weighted by Crippen LogP contribution is -2.23. The first kappa shape index (κ1) is 19.1. The highest BCUT2D eigenvalue weighted by molar-refractivity contribution is 6.10. The molecule has 0 bridgehead atoms. The van der Waals surface area contributed by atoms with Crippen LogP contribution in [0.25, 0.3) is 0 Å². The molecule has 1 unspecified atom stereocenters. The number of hydrogen-bond donors (Lipinski definition) is 0. The van der Waals surface area contributed by atoms with E-state index in [0.717, 1.165) is 13.2 Å². The van der Waals surface area contributed by atoms with Crippen LogP contribution in [-0.2, 0) is 19.1 Å². The normalized spacial score (nSPS) is 12.4. The van der Waals surface area contributed by atoms with Crippen molar-refractivity contribution in [3.8, 4) is 0 Å². The molecule has 136 valence electrons. The zero-order chi connectivity index (χ0) is 19.3. The number of aromatic nitrogens is 1. The molecule has 0 saturated carbocycles. The molecule has 2 aromatic rings. The van der Waals surface area contributed by atoms with Gasteiger partial charge in [0, 0.05) is 11.6 Å². The van der Waals surface area contributed by atoms with Crippen molar-refractivity contribution in [2.24, 2.45) is 0 Å². The molecule has 7 heteroatoms. The van der Waals surface area contributed by atoms with Gasteiger partial charge in [0.15, 0.2) is 5.78 Å². The Morgan fingerprint density at radius 1 is 1.08 bits per heavy atom. The van der Waals surface area contributed by atoms with Gasteiger partial charge in [-0.25, -0.2) is 14.6 Å². The average Bonchev–Trinajstić information content (AvgIpc) is 2.99. The molecular weight excluding hydrogens is 338 g/mol. The molecule has 2 rings (SSSR count). The molecule has 0 fully saturated rings. The van der Waals surface area contributed by atoms with Crippen molar-refractivity contribution in [3.05, 3.63) is 64.9 Å². The minimum atomic E-state index is -1.24. The molecule has 1 heterocycles. The molecule has 0 radical (unpaired) electrons. The summed E-state index contributed by atoms with van der Waals surface area (Å²) in [6.45, 7) is 3.41. The summed E-state index contributed by atoms with van der Waals surface area (Å²) >= 11 is 0. The van der Waals surface area contributed by atoms with E-state index >= 15 is 0 Å². The van der Waals surface area contributed by atoms with Gasteiger partial charge in [-0.3, -0.25) is 4.79 Å². The summed E-state index contributed by atoms with van der Waals surface area (Å²) in [7, 11) is 2.32. The van der Waals surface area contributed by atoms with E-state index in [1.54, 1.807) is 44.2 Å². The maximum atomic E-state index is 13.1. The number of aryl methyl sites for hydroxylation is 2. The Labute approximate surface area is 150 Å². The van der Waals surface area contributed by atoms with Gasteiger partial charge in [0.25, 0.3) is 0 Å². The molecule has 0 saturated heterocycles. The van der Waals surface area contributed by atoms with E-state index in [0.29, 0.717) is 17.0 Å². The van der Waals surface area contributed by atoms with Crippen LogP contribution in [0.4, 0.5) is 0 Å². The van der Waals surface area contributed by atoms with Crippen LogP contribution in [0, 0.1) is 13.8 Å². The van der Waals surface area contributed by atoms with Gasteiger partial charge in [-0.1, -0.05) is 30.3 Å². The Morgan fingerprint density at radius 3 is 2.23 bits per heavy atom. The lowest BCUT2D eigenvalue weighted by atomic mass is 9.89. The van der Waals surface area contributed by atoms with Gasteiger partial charge < -0.3 is 13.9 Å². The van der Waals surface area contributed by atoms with E-state index < -0.39 is 23.6 Å². The Hall–Kier alpha value is -3.22. The molecule has 1 atom stereocenters. The summed E-state index contributed by atoms with van der Waals surface area (Å²) in [5, 5.41) is 0. The summed E-state index contributed by atoms with van der Waals surface area (Å²) in [4.78, 5) is 41.4. The third-order valence-corrected chi connectivity index (χ3v) is 3.82. The number of Topliss-reactive ketones (excluding diaryl/α,β-unsaturated/α-hetero) is 1. The van der Waals surface area contributed by atoms with Crippen molar-refractivity contribution in [1.29, 1.82) is 0 Å². The first-order valence-corrected chi connectivity index (χ1v) is 7.80. The van der Waals surface area contributed by atoms with Gasteiger partial charge in [-0.05, 0) is 13.8 Å². The number of nitrogens with zero attached hydrogens (tertiary/aromatic N) is 1. The van der Waals surface area contributed by atoms with Gasteiger partial charge in [-0.2, -0.15) is 0 Å². The van der Waals surface area contributed by atoms with Crippen molar-refractivity contribution < 1.29 is 28.3 Å². The molecule has 1 aromatic carbocycles. The molecule has 7 nitrogen and oxygen atoms in total. The minimum Gasteiger partial charge on any atom is -0.466 e. The summed E-state index contributed by atoms with van der Waals surface area (Å²) in [6.07, 6.45) is 0.923. The van der Waals surface area contributed by atoms with E-state index in [1.807, 2.05) is 0 Å². The van der Waals surface area contributed by atoms with Gasteiger partial charge in [0.2, 0.25) is 5.89 Å². The number of oxazole rings is 1. The second kappa shape index (κ2) is 8.24. The fraction of sp³-hybridized carbons (Fsp3) is 0.263. The molecule has 0 aliphatic rings. The minimum absolute atomic E-state index is 0.00871. The van der Waals surface area contributed by atoms with Gasteiger partial charge in [0.05, 0.1) is 25.5 Å². The first-order chi connectivity index (χ1) is 12.4. The van der Waals surface area contributed by atoms with E-state index in [9.17, 15) is 14.4 Å². The number of esters is 2. The van der Waals surface area contributed by atoms with E-state index in [4.69, 9.17) is 9.15 Å². The van der Waals surface area contributed by atoms with E-state index in [2.05, 4.69) is 9.72 Å². The maximum Gasteiger partial charge on any atom is 0.335 e. The molecule has 0 spiro atoms. The van der Waals surface area contributed by atoms with Crippen LogP contribution in [0.5, 0.6) is 0 Å². The number of benzene rings is 1. The molecule has 0 aliphatic heterocycles. The number of carbonyl (C=O) groups is 3. The standard InChI is InChI=1S/C19H19NO6/c1-11-12(2)26-18(20-11)16(17(22)13-8-6-5-7-9-13)14(19(23)25-4)10-15(21)24-3/h5-10,16H,1-4H3/b14-10+. The van der Waals surface area contributed by atoms with E-state index in [-0.39, 0.29) is 11.5 Å². The van der Waals surface area contributed by atoms with Gasteiger partial charge in [-0.15, -0.1) is 0 Å². The number of hydrogen-bond acceptors (Lipinski definition) is 7. The SMILES string of the molecule is COC(=O)/C=C(/C(=O)OC)C(C(=O)c1ccccc1)c1nc(C)c(C)o1. The highest BCUT2D eigenvalue weighted by atomic mass is 16.5. The highest BCUT2D eigenvalue weighted by Gasteiger charge is 2.35. The van der Waals surface area contributed by atoms with Gasteiger partial charge in [0.1, 0.15) is 11.7 Å². The lowest BCUT2D eigenvalue weighted by Gasteiger charge is -2.15. The third kappa shape index (κ3) is 4.05. The molecule has 26 heavy (non-hydrogen) atoms. The average molecular weight is 357 g/mol. The number of ketones is 1. The predicted octanol–water partition coefficient (Wildman–Crippen LogP) is 2.53. The Bertz CT molecular complexity index is 831. The highest BCUT2D eigenvalue weighted by Crippen LogP contribution is 2.30. The van der Waals surface area contributed by atoms with Crippen LogP contribution in [0.2, 0.25) is 0 Å². The zero-order valence-electron chi connectivity index (χ0n) is 14.9. The fourth-order valence-corrected chi connectivity index (χ4v) is 2.34. The summed E-state index contributed by atoms with van der Waals surface area (Å²) < 4.78 is 14.9. The summed E-state index contributed by atoms with van der Waals surface area (Å²) in [6, 6.07) is 8.35. The maximum absolute atomic E-state index is 13.1. The topological polar surface area (TPSA) is 95.7 Å². The van der Waals surface area contributed by atoms with Crippen molar-refractivity contribution in [2.75, 3.05) is 14.2 Å². The van der Waals surface area contributed by atoms with Gasteiger partial charge >= 0.3 is 11.9 Å². The first-order valence-electron chi connectivity index (χ1n) is 7.80. The molecule has 0 N–H and O–H groups in total. The lowest BCUT2D eigenvalue weighted by molar-refractivity contribution is -0.138. The number of methoxy groups -OCH3 is 2. The van der Waals surface area contributed by atoms with Crippen molar-refractivity contribution in [2.45, 2.75) is 19.8 Å². The van der Waals surface area contributed by atoms with Crippen LogP contribution < -0.4 is 0 Å². The largest absolute Gasteiger partial charge is 0.466 e. The summed E-state index contributed by atoms with van der Waals surface area (Å²) in [5.41, 5.74) is 0.702. The Morgan fingerprint density at radius 2 is 1.73 bits per heavy atom.